The Bertz CT molecular complexity index is 181. The molecule has 0 radical (unpaired) electrons. The maximum absolute atomic E-state index is 12.9. The molecule has 68 valence electrons. The number of hydrogen-bond acceptors (Lipinski definition) is 0. The van der Waals surface area contributed by atoms with Gasteiger partial charge in [-0.2, -0.15) is 0 Å². The standard InChI is InChI=1S/C9H11F.C2H6/c1-2-9(10)8-6-4-3-5-7-8;1-2/h3-7,9H,2H2,1H3;1-2H3. The molecule has 0 bridgehead atoms. The molecule has 1 aromatic carbocycles. The number of hydrogen-bond donors (Lipinski definition) is 0. The zero-order chi connectivity index (χ0) is 9.40. The molecule has 0 aromatic heterocycles. The summed E-state index contributed by atoms with van der Waals surface area (Å²) in [6.07, 6.45) is -0.231. The lowest BCUT2D eigenvalue weighted by Crippen LogP contribution is -1.86. The van der Waals surface area contributed by atoms with E-state index in [0.717, 1.165) is 5.56 Å². The first-order chi connectivity index (χ1) is 5.84. The van der Waals surface area contributed by atoms with Crippen LogP contribution in [0.3, 0.4) is 0 Å². The second-order valence-electron chi connectivity index (χ2n) is 2.29. The first-order valence-electron chi connectivity index (χ1n) is 4.53. The fourth-order valence-electron chi connectivity index (χ4n) is 0.898. The lowest BCUT2D eigenvalue weighted by atomic mass is 10.1. The van der Waals surface area contributed by atoms with Gasteiger partial charge < -0.3 is 0 Å². The van der Waals surface area contributed by atoms with Crippen molar-refractivity contribution >= 4 is 0 Å². The van der Waals surface area contributed by atoms with Crippen LogP contribution in [0, 0.1) is 0 Å². The molecule has 0 spiro atoms. The molecular weight excluding hydrogens is 151 g/mol. The summed E-state index contributed by atoms with van der Waals surface area (Å²) in [5, 5.41) is 0. The average molecular weight is 168 g/mol. The molecule has 0 heterocycles. The fraction of sp³-hybridized carbons (Fsp3) is 0.455. The van der Waals surface area contributed by atoms with Crippen LogP contribution in [0.2, 0.25) is 0 Å². The van der Waals surface area contributed by atoms with Crippen molar-refractivity contribution < 1.29 is 4.39 Å². The zero-order valence-electron chi connectivity index (χ0n) is 8.05. The first-order valence-corrected chi connectivity index (χ1v) is 4.53. The summed E-state index contributed by atoms with van der Waals surface area (Å²) >= 11 is 0. The molecule has 0 saturated heterocycles. The van der Waals surface area contributed by atoms with Gasteiger partial charge in [-0.1, -0.05) is 51.1 Å². The smallest absolute Gasteiger partial charge is 0.125 e. The van der Waals surface area contributed by atoms with Crippen LogP contribution in [0.1, 0.15) is 38.9 Å². The van der Waals surface area contributed by atoms with Crippen molar-refractivity contribution in [3.63, 3.8) is 0 Å². The Hall–Kier alpha value is -0.850. The van der Waals surface area contributed by atoms with E-state index in [2.05, 4.69) is 0 Å². The van der Waals surface area contributed by atoms with Crippen molar-refractivity contribution in [3.05, 3.63) is 35.9 Å². The van der Waals surface area contributed by atoms with Crippen LogP contribution in [0.15, 0.2) is 30.3 Å². The maximum Gasteiger partial charge on any atom is 0.125 e. The molecular formula is C11H17F. The molecule has 0 aliphatic heterocycles. The normalized spacial score (nSPS) is 11.3. The highest BCUT2D eigenvalue weighted by Gasteiger charge is 2.03. The highest BCUT2D eigenvalue weighted by atomic mass is 19.1. The Labute approximate surface area is 74.4 Å². The van der Waals surface area contributed by atoms with E-state index in [-0.39, 0.29) is 0 Å². The molecule has 0 amide bonds. The number of halogens is 1. The van der Waals surface area contributed by atoms with E-state index in [0.29, 0.717) is 6.42 Å². The highest BCUT2D eigenvalue weighted by Crippen LogP contribution is 2.19. The molecule has 1 atom stereocenters. The number of alkyl halides is 1. The Morgan fingerprint density at radius 2 is 1.67 bits per heavy atom. The van der Waals surface area contributed by atoms with Gasteiger partial charge in [0.15, 0.2) is 0 Å². The average Bonchev–Trinajstić information content (AvgIpc) is 2.21. The first kappa shape index (κ1) is 11.2. The van der Waals surface area contributed by atoms with Gasteiger partial charge in [-0.25, -0.2) is 4.39 Å². The Balaban J connectivity index is 0.000000561. The predicted octanol–water partition coefficient (Wildman–Crippen LogP) is 4.13. The van der Waals surface area contributed by atoms with Crippen molar-refractivity contribution in [2.45, 2.75) is 33.4 Å². The van der Waals surface area contributed by atoms with Crippen LogP contribution in [-0.4, -0.2) is 0 Å². The van der Waals surface area contributed by atoms with Crippen LogP contribution in [0.4, 0.5) is 4.39 Å². The topological polar surface area (TPSA) is 0 Å². The molecule has 0 N–H and O–H groups in total. The van der Waals surface area contributed by atoms with E-state index >= 15 is 0 Å². The highest BCUT2D eigenvalue weighted by molar-refractivity contribution is 5.16. The van der Waals surface area contributed by atoms with Gasteiger partial charge in [0.1, 0.15) is 6.17 Å². The van der Waals surface area contributed by atoms with Gasteiger partial charge in [-0.3, -0.25) is 0 Å². The van der Waals surface area contributed by atoms with E-state index < -0.39 is 6.17 Å². The molecule has 1 aromatic rings. The lowest BCUT2D eigenvalue weighted by Gasteiger charge is -2.02. The van der Waals surface area contributed by atoms with Crippen LogP contribution in [0.5, 0.6) is 0 Å². The summed E-state index contributed by atoms with van der Waals surface area (Å²) in [5.41, 5.74) is 0.782. The zero-order valence-corrected chi connectivity index (χ0v) is 8.05. The summed E-state index contributed by atoms with van der Waals surface area (Å²) < 4.78 is 12.9. The molecule has 1 rings (SSSR count). The van der Waals surface area contributed by atoms with Gasteiger partial charge in [-0.05, 0) is 12.0 Å². The molecule has 1 heteroatoms. The Morgan fingerprint density at radius 3 is 2.08 bits per heavy atom. The van der Waals surface area contributed by atoms with Gasteiger partial charge in [-0.15, -0.1) is 0 Å². The summed E-state index contributed by atoms with van der Waals surface area (Å²) in [4.78, 5) is 0. The summed E-state index contributed by atoms with van der Waals surface area (Å²) in [6, 6.07) is 9.24. The summed E-state index contributed by atoms with van der Waals surface area (Å²) in [7, 11) is 0. The van der Waals surface area contributed by atoms with Crippen molar-refractivity contribution in [2.75, 3.05) is 0 Å². The van der Waals surface area contributed by atoms with Crippen molar-refractivity contribution in [1.82, 2.24) is 0 Å². The van der Waals surface area contributed by atoms with Crippen LogP contribution >= 0.6 is 0 Å². The predicted molar refractivity (Wildman–Crippen MR) is 51.9 cm³/mol. The lowest BCUT2D eigenvalue weighted by molar-refractivity contribution is 0.334. The monoisotopic (exact) mass is 168 g/mol. The van der Waals surface area contributed by atoms with Crippen molar-refractivity contribution in [3.8, 4) is 0 Å². The molecule has 12 heavy (non-hydrogen) atoms. The van der Waals surface area contributed by atoms with Crippen molar-refractivity contribution in [2.24, 2.45) is 0 Å². The van der Waals surface area contributed by atoms with Gasteiger partial charge in [0.25, 0.3) is 0 Å². The maximum atomic E-state index is 12.9. The van der Waals surface area contributed by atoms with Crippen molar-refractivity contribution in [1.29, 1.82) is 0 Å². The van der Waals surface area contributed by atoms with Gasteiger partial charge >= 0.3 is 0 Å². The van der Waals surface area contributed by atoms with Gasteiger partial charge in [0.2, 0.25) is 0 Å². The minimum absolute atomic E-state index is 0.560. The summed E-state index contributed by atoms with van der Waals surface area (Å²) in [5.74, 6) is 0. The SMILES string of the molecule is CC.CCC(F)c1ccccc1. The third-order valence-corrected chi connectivity index (χ3v) is 1.52. The fourth-order valence-corrected chi connectivity index (χ4v) is 0.898. The molecule has 0 fully saturated rings. The van der Waals surface area contributed by atoms with Gasteiger partial charge in [0, 0.05) is 0 Å². The second kappa shape index (κ2) is 6.84. The largest absolute Gasteiger partial charge is 0.242 e. The Kier molecular flexibility index (Phi) is 6.35. The number of benzene rings is 1. The molecule has 0 aliphatic carbocycles. The minimum atomic E-state index is -0.791. The number of rotatable bonds is 2. The van der Waals surface area contributed by atoms with E-state index in [1.165, 1.54) is 0 Å². The molecule has 1 unspecified atom stereocenters. The Morgan fingerprint density at radius 1 is 1.17 bits per heavy atom. The van der Waals surface area contributed by atoms with Crippen LogP contribution < -0.4 is 0 Å². The summed E-state index contributed by atoms with van der Waals surface area (Å²) in [6.45, 7) is 5.84. The van der Waals surface area contributed by atoms with E-state index in [9.17, 15) is 4.39 Å². The van der Waals surface area contributed by atoms with Crippen LogP contribution in [0.25, 0.3) is 0 Å². The third kappa shape index (κ3) is 3.51. The molecule has 0 nitrogen and oxygen atoms in total. The minimum Gasteiger partial charge on any atom is -0.242 e. The van der Waals surface area contributed by atoms with E-state index in [4.69, 9.17) is 0 Å². The third-order valence-electron chi connectivity index (χ3n) is 1.52. The van der Waals surface area contributed by atoms with E-state index in [1.54, 1.807) is 0 Å². The van der Waals surface area contributed by atoms with Crippen LogP contribution in [-0.2, 0) is 0 Å². The molecule has 0 saturated carbocycles. The van der Waals surface area contributed by atoms with E-state index in [1.807, 2.05) is 51.1 Å². The quantitative estimate of drug-likeness (QED) is 0.622. The molecule has 0 aliphatic rings. The van der Waals surface area contributed by atoms with Gasteiger partial charge in [0.05, 0.1) is 0 Å². The second-order valence-corrected chi connectivity index (χ2v) is 2.29.